The van der Waals surface area contributed by atoms with Crippen molar-refractivity contribution in [1.82, 2.24) is 9.97 Å². The number of ether oxygens (including phenoxy) is 1. The molecule has 0 unspecified atom stereocenters. The SMILES string of the molecule is CC1(C)COCCN1c1cnc(C(=O)O)cn1. The molecule has 0 radical (unpaired) electrons. The van der Waals surface area contributed by atoms with Crippen molar-refractivity contribution in [3.8, 4) is 0 Å². The van der Waals surface area contributed by atoms with E-state index in [4.69, 9.17) is 9.84 Å². The fourth-order valence-electron chi connectivity index (χ4n) is 1.85. The van der Waals surface area contributed by atoms with E-state index in [9.17, 15) is 4.79 Å². The predicted molar refractivity (Wildman–Crippen MR) is 61.2 cm³/mol. The predicted octanol–water partition coefficient (Wildman–Crippen LogP) is 0.790. The molecule has 6 nitrogen and oxygen atoms in total. The molecule has 92 valence electrons. The second kappa shape index (κ2) is 4.29. The van der Waals surface area contributed by atoms with E-state index in [1.165, 1.54) is 12.4 Å². The van der Waals surface area contributed by atoms with Crippen molar-refractivity contribution in [1.29, 1.82) is 0 Å². The van der Waals surface area contributed by atoms with Crippen molar-refractivity contribution < 1.29 is 14.6 Å². The second-order valence-corrected chi connectivity index (χ2v) is 4.58. The van der Waals surface area contributed by atoms with Crippen LogP contribution in [0.3, 0.4) is 0 Å². The number of carboxylic acid groups (broad SMARTS) is 1. The first-order valence-electron chi connectivity index (χ1n) is 5.41. The lowest BCUT2D eigenvalue weighted by Crippen LogP contribution is -2.53. The van der Waals surface area contributed by atoms with Crippen LogP contribution in [0.25, 0.3) is 0 Å². The molecule has 1 N–H and O–H groups in total. The zero-order valence-corrected chi connectivity index (χ0v) is 9.88. The monoisotopic (exact) mass is 237 g/mol. The van der Waals surface area contributed by atoms with E-state index in [2.05, 4.69) is 28.7 Å². The summed E-state index contributed by atoms with van der Waals surface area (Å²) in [5.74, 6) is -0.381. The van der Waals surface area contributed by atoms with Gasteiger partial charge < -0.3 is 14.7 Å². The Balaban J connectivity index is 2.24. The Bertz CT molecular complexity index is 416. The Morgan fingerprint density at radius 2 is 2.24 bits per heavy atom. The maximum absolute atomic E-state index is 10.7. The van der Waals surface area contributed by atoms with Gasteiger partial charge >= 0.3 is 5.97 Å². The number of carboxylic acids is 1. The van der Waals surface area contributed by atoms with E-state index >= 15 is 0 Å². The van der Waals surface area contributed by atoms with Gasteiger partial charge in [-0.05, 0) is 13.8 Å². The Morgan fingerprint density at radius 3 is 2.76 bits per heavy atom. The molecule has 1 aromatic rings. The molecular weight excluding hydrogens is 222 g/mol. The maximum atomic E-state index is 10.7. The highest BCUT2D eigenvalue weighted by molar-refractivity contribution is 5.84. The average molecular weight is 237 g/mol. The average Bonchev–Trinajstić information content (AvgIpc) is 2.28. The summed E-state index contributed by atoms with van der Waals surface area (Å²) in [6, 6.07) is 0. The Morgan fingerprint density at radius 1 is 1.47 bits per heavy atom. The Labute approximate surface area is 99.2 Å². The first-order valence-corrected chi connectivity index (χ1v) is 5.41. The lowest BCUT2D eigenvalue weighted by Gasteiger charge is -2.42. The number of hydrogen-bond donors (Lipinski definition) is 1. The first-order chi connectivity index (χ1) is 8.00. The normalized spacial score (nSPS) is 19.1. The lowest BCUT2D eigenvalue weighted by molar-refractivity contribution is 0.0637. The number of nitrogens with zero attached hydrogens (tertiary/aromatic N) is 3. The third-order valence-corrected chi connectivity index (χ3v) is 2.78. The lowest BCUT2D eigenvalue weighted by atomic mass is 10.0. The second-order valence-electron chi connectivity index (χ2n) is 4.58. The summed E-state index contributed by atoms with van der Waals surface area (Å²) in [4.78, 5) is 20.8. The summed E-state index contributed by atoms with van der Waals surface area (Å²) >= 11 is 0. The van der Waals surface area contributed by atoms with Gasteiger partial charge in [0.05, 0.1) is 31.1 Å². The number of aromatic carboxylic acids is 1. The molecule has 0 aromatic carbocycles. The van der Waals surface area contributed by atoms with Crippen LogP contribution in [-0.4, -0.2) is 46.3 Å². The molecule has 1 aliphatic rings. The van der Waals surface area contributed by atoms with Crippen LogP contribution < -0.4 is 4.90 Å². The van der Waals surface area contributed by atoms with Crippen LogP contribution in [-0.2, 0) is 4.74 Å². The summed E-state index contributed by atoms with van der Waals surface area (Å²) in [5.41, 5.74) is -0.197. The van der Waals surface area contributed by atoms with Crippen molar-refractivity contribution in [2.45, 2.75) is 19.4 Å². The zero-order valence-electron chi connectivity index (χ0n) is 9.88. The quantitative estimate of drug-likeness (QED) is 0.819. The minimum absolute atomic E-state index is 0.0418. The van der Waals surface area contributed by atoms with Crippen molar-refractivity contribution >= 4 is 11.8 Å². The Kier molecular flexibility index (Phi) is 2.97. The van der Waals surface area contributed by atoms with E-state index < -0.39 is 5.97 Å². The third kappa shape index (κ3) is 2.36. The molecule has 0 atom stereocenters. The van der Waals surface area contributed by atoms with E-state index in [0.29, 0.717) is 19.0 Å². The van der Waals surface area contributed by atoms with Crippen molar-refractivity contribution in [2.24, 2.45) is 0 Å². The van der Waals surface area contributed by atoms with E-state index in [1.54, 1.807) is 0 Å². The number of rotatable bonds is 2. The van der Waals surface area contributed by atoms with Crippen LogP contribution in [0, 0.1) is 0 Å². The maximum Gasteiger partial charge on any atom is 0.356 e. The van der Waals surface area contributed by atoms with Gasteiger partial charge in [-0.15, -0.1) is 0 Å². The van der Waals surface area contributed by atoms with Gasteiger partial charge in [0.15, 0.2) is 5.69 Å². The molecule has 0 amide bonds. The fourth-order valence-corrected chi connectivity index (χ4v) is 1.85. The molecule has 0 saturated carbocycles. The summed E-state index contributed by atoms with van der Waals surface area (Å²) in [6.07, 6.45) is 2.78. The van der Waals surface area contributed by atoms with Gasteiger partial charge in [0.1, 0.15) is 5.82 Å². The van der Waals surface area contributed by atoms with Crippen molar-refractivity contribution in [3.63, 3.8) is 0 Å². The van der Waals surface area contributed by atoms with Gasteiger partial charge in [0.2, 0.25) is 0 Å². The zero-order chi connectivity index (χ0) is 12.5. The number of anilines is 1. The first kappa shape index (κ1) is 11.8. The summed E-state index contributed by atoms with van der Waals surface area (Å²) < 4.78 is 5.41. The van der Waals surface area contributed by atoms with E-state index in [1.807, 2.05) is 0 Å². The molecule has 1 aromatic heterocycles. The Hall–Kier alpha value is -1.69. The van der Waals surface area contributed by atoms with Gasteiger partial charge in [0, 0.05) is 6.54 Å². The van der Waals surface area contributed by atoms with Gasteiger partial charge in [-0.25, -0.2) is 14.8 Å². The molecular formula is C11H15N3O3. The highest BCUT2D eigenvalue weighted by Gasteiger charge is 2.31. The van der Waals surface area contributed by atoms with Crippen LogP contribution in [0.5, 0.6) is 0 Å². The van der Waals surface area contributed by atoms with E-state index in [0.717, 1.165) is 6.54 Å². The van der Waals surface area contributed by atoms with E-state index in [-0.39, 0.29) is 11.2 Å². The van der Waals surface area contributed by atoms with Gasteiger partial charge in [-0.3, -0.25) is 0 Å². The molecule has 2 rings (SSSR count). The summed E-state index contributed by atoms with van der Waals surface area (Å²) in [6.45, 7) is 6.10. The number of hydrogen-bond acceptors (Lipinski definition) is 5. The minimum Gasteiger partial charge on any atom is -0.476 e. The van der Waals surface area contributed by atoms with Crippen LogP contribution in [0.15, 0.2) is 12.4 Å². The van der Waals surface area contributed by atoms with Gasteiger partial charge in [-0.1, -0.05) is 0 Å². The topological polar surface area (TPSA) is 75.5 Å². The van der Waals surface area contributed by atoms with Crippen LogP contribution in [0.2, 0.25) is 0 Å². The molecule has 1 fully saturated rings. The molecule has 0 aliphatic carbocycles. The smallest absolute Gasteiger partial charge is 0.356 e. The molecule has 17 heavy (non-hydrogen) atoms. The summed E-state index contributed by atoms with van der Waals surface area (Å²) in [5, 5.41) is 8.75. The summed E-state index contributed by atoms with van der Waals surface area (Å²) in [7, 11) is 0. The molecule has 1 saturated heterocycles. The van der Waals surface area contributed by atoms with Gasteiger partial charge in [-0.2, -0.15) is 0 Å². The highest BCUT2D eigenvalue weighted by Crippen LogP contribution is 2.24. The number of carbonyl (C=O) groups is 1. The highest BCUT2D eigenvalue weighted by atomic mass is 16.5. The van der Waals surface area contributed by atoms with Crippen molar-refractivity contribution in [2.75, 3.05) is 24.7 Å². The molecule has 0 bridgehead atoms. The fraction of sp³-hybridized carbons (Fsp3) is 0.545. The molecule has 1 aliphatic heterocycles. The molecule has 2 heterocycles. The van der Waals surface area contributed by atoms with Crippen LogP contribution >= 0.6 is 0 Å². The molecule has 6 heteroatoms. The largest absolute Gasteiger partial charge is 0.476 e. The third-order valence-electron chi connectivity index (χ3n) is 2.78. The van der Waals surface area contributed by atoms with Gasteiger partial charge in [0.25, 0.3) is 0 Å². The molecule has 0 spiro atoms. The van der Waals surface area contributed by atoms with Crippen LogP contribution in [0.1, 0.15) is 24.3 Å². The van der Waals surface area contributed by atoms with Crippen molar-refractivity contribution in [3.05, 3.63) is 18.1 Å². The van der Waals surface area contributed by atoms with Crippen LogP contribution in [0.4, 0.5) is 5.82 Å². The number of morpholine rings is 1. The number of aromatic nitrogens is 2. The standard InChI is InChI=1S/C11H15N3O3/c1-11(2)7-17-4-3-14(11)9-6-12-8(5-13-9)10(15)16/h5-6H,3-4,7H2,1-2H3,(H,15,16). The minimum atomic E-state index is -1.06.